The molecule has 1 aromatic carbocycles. The van der Waals surface area contributed by atoms with Gasteiger partial charge in [0.25, 0.3) is 0 Å². The molecule has 1 aliphatic carbocycles. The average molecular weight is 344 g/mol. The molecule has 0 bridgehead atoms. The van der Waals surface area contributed by atoms with Gasteiger partial charge in [-0.05, 0) is 43.7 Å². The third-order valence-corrected chi connectivity index (χ3v) is 5.48. The first-order chi connectivity index (χ1) is 11.8. The molecule has 0 spiro atoms. The number of rotatable bonds is 5. The van der Waals surface area contributed by atoms with Crippen molar-refractivity contribution in [2.75, 3.05) is 13.3 Å². The van der Waals surface area contributed by atoms with E-state index in [0.29, 0.717) is 12.6 Å². The van der Waals surface area contributed by atoms with Crippen molar-refractivity contribution >= 4 is 17.7 Å². The summed E-state index contributed by atoms with van der Waals surface area (Å²) in [6.45, 7) is 0.665. The molecule has 3 rings (SSSR count). The molecule has 5 nitrogen and oxygen atoms in total. The second-order valence-corrected chi connectivity index (χ2v) is 7.16. The van der Waals surface area contributed by atoms with E-state index in [1.165, 1.54) is 19.3 Å². The topological polar surface area (TPSA) is 54.2 Å². The van der Waals surface area contributed by atoms with E-state index >= 15 is 0 Å². The molecular formula is C18H25N5S. The smallest absolute Gasteiger partial charge is 0.191 e. The van der Waals surface area contributed by atoms with Crippen molar-refractivity contribution in [1.82, 2.24) is 20.4 Å². The van der Waals surface area contributed by atoms with Crippen LogP contribution in [-0.2, 0) is 6.54 Å². The Labute approximate surface area is 147 Å². The molecule has 0 radical (unpaired) electrons. The Kier molecular flexibility index (Phi) is 5.80. The highest BCUT2D eigenvalue weighted by molar-refractivity contribution is 7.99. The Bertz CT molecular complexity index is 667. The van der Waals surface area contributed by atoms with Crippen molar-refractivity contribution in [3.8, 4) is 5.69 Å². The highest BCUT2D eigenvalue weighted by atomic mass is 32.2. The fourth-order valence-corrected chi connectivity index (χ4v) is 3.82. The van der Waals surface area contributed by atoms with Gasteiger partial charge in [-0.3, -0.25) is 4.99 Å². The fourth-order valence-electron chi connectivity index (χ4n) is 3.03. The quantitative estimate of drug-likeness (QED) is 0.647. The summed E-state index contributed by atoms with van der Waals surface area (Å²) < 4.78 is 1.90. The van der Waals surface area contributed by atoms with Crippen molar-refractivity contribution < 1.29 is 0 Å². The maximum Gasteiger partial charge on any atom is 0.191 e. The van der Waals surface area contributed by atoms with Crippen LogP contribution in [0.15, 0.2) is 47.6 Å². The van der Waals surface area contributed by atoms with E-state index in [9.17, 15) is 0 Å². The number of para-hydroxylation sites is 1. The lowest BCUT2D eigenvalue weighted by Gasteiger charge is -2.16. The zero-order valence-corrected chi connectivity index (χ0v) is 15.1. The second kappa shape index (κ2) is 8.24. The van der Waals surface area contributed by atoms with Gasteiger partial charge >= 0.3 is 0 Å². The van der Waals surface area contributed by atoms with Crippen LogP contribution in [-0.4, -0.2) is 40.3 Å². The van der Waals surface area contributed by atoms with Gasteiger partial charge in [0.1, 0.15) is 0 Å². The van der Waals surface area contributed by atoms with Gasteiger partial charge in [-0.15, -0.1) is 0 Å². The van der Waals surface area contributed by atoms with Gasteiger partial charge in [0.2, 0.25) is 0 Å². The molecule has 1 saturated carbocycles. The van der Waals surface area contributed by atoms with E-state index < -0.39 is 0 Å². The summed E-state index contributed by atoms with van der Waals surface area (Å²) >= 11 is 1.97. The van der Waals surface area contributed by atoms with E-state index in [0.717, 1.165) is 22.6 Å². The van der Waals surface area contributed by atoms with Crippen LogP contribution in [0.4, 0.5) is 0 Å². The molecule has 1 aliphatic rings. The number of nitrogens with one attached hydrogen (secondary N) is 2. The summed E-state index contributed by atoms with van der Waals surface area (Å²) in [4.78, 5) is 4.34. The van der Waals surface area contributed by atoms with E-state index in [1.807, 2.05) is 66.1 Å². The first-order valence-corrected chi connectivity index (χ1v) is 9.67. The number of thioether (sulfide) groups is 1. The molecule has 0 amide bonds. The van der Waals surface area contributed by atoms with Gasteiger partial charge < -0.3 is 10.6 Å². The maximum absolute atomic E-state index is 4.61. The summed E-state index contributed by atoms with van der Waals surface area (Å²) in [7, 11) is 1.82. The minimum Gasteiger partial charge on any atom is -0.354 e. The summed E-state index contributed by atoms with van der Waals surface area (Å²) in [6.07, 6.45) is 7.91. The van der Waals surface area contributed by atoms with Crippen molar-refractivity contribution in [2.24, 2.45) is 4.99 Å². The number of hydrogen-bond donors (Lipinski definition) is 2. The lowest BCUT2D eigenvalue weighted by Crippen LogP contribution is -2.42. The molecule has 6 heteroatoms. The van der Waals surface area contributed by atoms with E-state index in [2.05, 4.69) is 27.0 Å². The van der Waals surface area contributed by atoms with Crippen molar-refractivity contribution in [3.05, 3.63) is 48.3 Å². The Balaban J connectivity index is 1.52. The molecule has 128 valence electrons. The first kappa shape index (κ1) is 16.9. The van der Waals surface area contributed by atoms with Gasteiger partial charge in [-0.2, -0.15) is 16.9 Å². The predicted octanol–water partition coefficient (Wildman–Crippen LogP) is 2.82. The fraction of sp³-hybridized carbons (Fsp3) is 0.444. The average Bonchev–Trinajstić information content (AvgIpc) is 3.28. The highest BCUT2D eigenvalue weighted by Crippen LogP contribution is 2.27. The van der Waals surface area contributed by atoms with Crippen molar-refractivity contribution in [2.45, 2.75) is 37.1 Å². The van der Waals surface area contributed by atoms with Crippen molar-refractivity contribution in [3.63, 3.8) is 0 Å². The summed E-state index contributed by atoms with van der Waals surface area (Å²) in [5.74, 6) is 0.857. The number of hydrogen-bond acceptors (Lipinski definition) is 3. The first-order valence-electron chi connectivity index (χ1n) is 8.38. The summed E-state index contributed by atoms with van der Waals surface area (Å²) in [6, 6.07) is 12.7. The Morgan fingerprint density at radius 1 is 1.29 bits per heavy atom. The maximum atomic E-state index is 4.61. The lowest BCUT2D eigenvalue weighted by atomic mass is 10.2. The van der Waals surface area contributed by atoms with Gasteiger partial charge in [0, 0.05) is 24.5 Å². The van der Waals surface area contributed by atoms with Gasteiger partial charge in [0.05, 0.1) is 17.9 Å². The molecule has 24 heavy (non-hydrogen) atoms. The normalized spacial score (nSPS) is 21.0. The standard InChI is InChI=1S/C18H25N5S/c1-19-18(21-14-8-9-17(12-14)24-2)20-13-15-10-11-23(22-15)16-6-4-3-5-7-16/h3-7,10-11,14,17H,8-9,12-13H2,1-2H3,(H2,19,20,21). The lowest BCUT2D eigenvalue weighted by molar-refractivity contribution is 0.613. The number of nitrogens with zero attached hydrogens (tertiary/aromatic N) is 3. The van der Waals surface area contributed by atoms with Crippen LogP contribution in [0.3, 0.4) is 0 Å². The monoisotopic (exact) mass is 343 g/mol. The summed E-state index contributed by atoms with van der Waals surface area (Å²) in [5, 5.41) is 12.3. The van der Waals surface area contributed by atoms with Crippen LogP contribution in [0.25, 0.3) is 5.69 Å². The molecule has 0 saturated heterocycles. The van der Waals surface area contributed by atoms with Crippen LogP contribution in [0.2, 0.25) is 0 Å². The molecule has 1 aromatic heterocycles. The van der Waals surface area contributed by atoms with E-state index in [4.69, 9.17) is 0 Å². The molecule has 1 heterocycles. The van der Waals surface area contributed by atoms with Crippen molar-refractivity contribution in [1.29, 1.82) is 0 Å². The molecule has 2 atom stereocenters. The van der Waals surface area contributed by atoms with Crippen LogP contribution in [0, 0.1) is 0 Å². The van der Waals surface area contributed by atoms with Crippen LogP contribution in [0.1, 0.15) is 25.0 Å². The van der Waals surface area contributed by atoms with Gasteiger partial charge in [0.15, 0.2) is 5.96 Å². The number of benzene rings is 1. The number of guanidine groups is 1. The number of aliphatic imine (C=N–C) groups is 1. The Hall–Kier alpha value is -1.95. The van der Waals surface area contributed by atoms with E-state index in [-0.39, 0.29) is 0 Å². The van der Waals surface area contributed by atoms with Gasteiger partial charge in [-0.25, -0.2) is 4.68 Å². The Morgan fingerprint density at radius 3 is 2.83 bits per heavy atom. The zero-order chi connectivity index (χ0) is 16.8. The molecule has 0 aliphatic heterocycles. The minimum absolute atomic E-state index is 0.524. The van der Waals surface area contributed by atoms with E-state index in [1.54, 1.807) is 0 Å². The van der Waals surface area contributed by atoms with Gasteiger partial charge in [-0.1, -0.05) is 18.2 Å². The van der Waals surface area contributed by atoms with Crippen LogP contribution in [0.5, 0.6) is 0 Å². The molecule has 1 fully saturated rings. The Morgan fingerprint density at radius 2 is 2.12 bits per heavy atom. The summed E-state index contributed by atoms with van der Waals surface area (Å²) in [5.41, 5.74) is 2.07. The SMILES string of the molecule is CN=C(NCc1ccn(-c2ccccc2)n1)NC1CCC(SC)C1. The number of aromatic nitrogens is 2. The third kappa shape index (κ3) is 4.32. The largest absolute Gasteiger partial charge is 0.354 e. The molecule has 2 aromatic rings. The predicted molar refractivity (Wildman–Crippen MR) is 102 cm³/mol. The van der Waals surface area contributed by atoms with Crippen LogP contribution >= 0.6 is 11.8 Å². The molecular weight excluding hydrogens is 318 g/mol. The zero-order valence-electron chi connectivity index (χ0n) is 14.3. The highest BCUT2D eigenvalue weighted by Gasteiger charge is 2.24. The van der Waals surface area contributed by atoms with Crippen LogP contribution < -0.4 is 10.6 Å². The molecule has 2 N–H and O–H groups in total. The molecule has 2 unspecified atom stereocenters. The minimum atomic E-state index is 0.524. The third-order valence-electron chi connectivity index (χ3n) is 4.38. The second-order valence-electron chi connectivity index (χ2n) is 6.02.